The molecular formula is C20H25FN2O4S. The van der Waals surface area contributed by atoms with Gasteiger partial charge in [0.2, 0.25) is 15.9 Å². The molecule has 0 aliphatic rings. The van der Waals surface area contributed by atoms with Crippen LogP contribution in [0.15, 0.2) is 48.5 Å². The molecule has 2 atom stereocenters. The maximum absolute atomic E-state index is 14.3. The van der Waals surface area contributed by atoms with E-state index in [-0.39, 0.29) is 12.1 Å². The lowest BCUT2D eigenvalue weighted by atomic mass is 10.1. The molecule has 0 unspecified atom stereocenters. The van der Waals surface area contributed by atoms with Gasteiger partial charge in [0, 0.05) is 5.56 Å². The van der Waals surface area contributed by atoms with Gasteiger partial charge in [-0.3, -0.25) is 9.10 Å². The van der Waals surface area contributed by atoms with Gasteiger partial charge < -0.3 is 10.1 Å². The van der Waals surface area contributed by atoms with Crippen molar-refractivity contribution in [2.45, 2.75) is 32.4 Å². The first-order valence-electron chi connectivity index (χ1n) is 8.87. The minimum atomic E-state index is -3.90. The Morgan fingerprint density at radius 3 is 2.36 bits per heavy atom. The zero-order valence-electron chi connectivity index (χ0n) is 16.3. The summed E-state index contributed by atoms with van der Waals surface area (Å²) in [5, 5.41) is 2.82. The Hall–Kier alpha value is -2.61. The summed E-state index contributed by atoms with van der Waals surface area (Å²) in [6.07, 6.45) is 1.13. The molecule has 0 heterocycles. The number of methoxy groups -OCH3 is 1. The molecule has 8 heteroatoms. The first kappa shape index (κ1) is 21.7. The van der Waals surface area contributed by atoms with Gasteiger partial charge in [0.25, 0.3) is 0 Å². The fourth-order valence-corrected chi connectivity index (χ4v) is 4.29. The summed E-state index contributed by atoms with van der Waals surface area (Å²) in [6.45, 7) is 3.45. The molecule has 6 nitrogen and oxygen atoms in total. The van der Waals surface area contributed by atoms with E-state index in [0.717, 1.165) is 22.2 Å². The lowest BCUT2D eigenvalue weighted by molar-refractivity contribution is -0.122. The van der Waals surface area contributed by atoms with Gasteiger partial charge in [-0.05, 0) is 31.5 Å². The lowest BCUT2D eigenvalue weighted by Gasteiger charge is -2.31. The third-order valence-corrected chi connectivity index (χ3v) is 5.55. The number of halogens is 1. The Kier molecular flexibility index (Phi) is 7.01. The van der Waals surface area contributed by atoms with E-state index in [1.165, 1.54) is 25.3 Å². The van der Waals surface area contributed by atoms with Crippen molar-refractivity contribution in [3.8, 4) is 5.75 Å². The molecule has 0 saturated carbocycles. The number of hydrogen-bond acceptors (Lipinski definition) is 4. The number of carbonyl (C=O) groups is 1. The van der Waals surface area contributed by atoms with Gasteiger partial charge in [-0.1, -0.05) is 37.3 Å². The van der Waals surface area contributed by atoms with Crippen LogP contribution in [0.2, 0.25) is 0 Å². The lowest BCUT2D eigenvalue weighted by Crippen LogP contribution is -2.50. The second kappa shape index (κ2) is 9.05. The van der Waals surface area contributed by atoms with E-state index in [1.54, 1.807) is 19.9 Å². The quantitative estimate of drug-likeness (QED) is 0.728. The fraction of sp³-hybridized carbons (Fsp3) is 0.350. The Bertz CT molecular complexity index is 933. The zero-order chi connectivity index (χ0) is 20.9. The zero-order valence-corrected chi connectivity index (χ0v) is 17.2. The number of ether oxygens (including phenoxy) is 1. The molecule has 0 aromatic heterocycles. The number of sulfonamides is 1. The Labute approximate surface area is 165 Å². The summed E-state index contributed by atoms with van der Waals surface area (Å²) in [5.74, 6) is -0.621. The molecular weight excluding hydrogens is 383 g/mol. The largest absolute Gasteiger partial charge is 0.496 e. The molecule has 0 aliphatic heterocycles. The van der Waals surface area contributed by atoms with Gasteiger partial charge in [-0.25, -0.2) is 12.8 Å². The average Bonchev–Trinajstić information content (AvgIpc) is 2.65. The third-order valence-electron chi connectivity index (χ3n) is 4.38. The van der Waals surface area contributed by atoms with Crippen LogP contribution >= 0.6 is 0 Å². The van der Waals surface area contributed by atoms with Crippen molar-refractivity contribution in [2.24, 2.45) is 0 Å². The van der Waals surface area contributed by atoms with E-state index in [2.05, 4.69) is 5.32 Å². The van der Waals surface area contributed by atoms with Gasteiger partial charge in [-0.2, -0.15) is 0 Å². The Balaban J connectivity index is 2.36. The highest BCUT2D eigenvalue weighted by Crippen LogP contribution is 2.27. The summed E-state index contributed by atoms with van der Waals surface area (Å²) in [6, 6.07) is 11.2. The van der Waals surface area contributed by atoms with Crippen molar-refractivity contribution in [1.29, 1.82) is 0 Å². The molecule has 0 aliphatic carbocycles. The topological polar surface area (TPSA) is 75.7 Å². The van der Waals surface area contributed by atoms with Gasteiger partial charge in [-0.15, -0.1) is 0 Å². The molecule has 0 radical (unpaired) electrons. The number of nitrogens with one attached hydrogen (secondary N) is 1. The second-order valence-corrected chi connectivity index (χ2v) is 8.27. The predicted molar refractivity (Wildman–Crippen MR) is 107 cm³/mol. The van der Waals surface area contributed by atoms with Crippen LogP contribution in [0.3, 0.4) is 0 Å². The van der Waals surface area contributed by atoms with Crippen LogP contribution < -0.4 is 14.4 Å². The van der Waals surface area contributed by atoms with Gasteiger partial charge in [0.15, 0.2) is 0 Å². The highest BCUT2D eigenvalue weighted by molar-refractivity contribution is 7.92. The molecule has 152 valence electrons. The molecule has 1 amide bonds. The minimum absolute atomic E-state index is 0.156. The van der Waals surface area contributed by atoms with Crippen molar-refractivity contribution in [3.05, 3.63) is 59.9 Å². The number of hydrogen-bond donors (Lipinski definition) is 1. The second-order valence-electron chi connectivity index (χ2n) is 6.41. The van der Waals surface area contributed by atoms with E-state index in [9.17, 15) is 17.6 Å². The van der Waals surface area contributed by atoms with Crippen molar-refractivity contribution < 1.29 is 22.3 Å². The SMILES string of the molecule is CC[C@H](C(=O)N[C@H](C)c1ccccc1OC)N(c1ccccc1F)S(C)(=O)=O. The van der Waals surface area contributed by atoms with E-state index in [0.29, 0.717) is 5.75 Å². The van der Waals surface area contributed by atoms with Crippen molar-refractivity contribution >= 4 is 21.6 Å². The van der Waals surface area contributed by atoms with E-state index >= 15 is 0 Å². The standard InChI is InChI=1S/C20H25FN2O4S/c1-5-17(23(28(4,25)26)18-12-8-7-11-16(18)21)20(24)22-14(2)15-10-6-9-13-19(15)27-3/h6-14,17H,5H2,1-4H3,(H,22,24)/t14-,17-/m1/s1. The highest BCUT2D eigenvalue weighted by atomic mass is 32.2. The van der Waals surface area contributed by atoms with Crippen LogP contribution in [0.1, 0.15) is 31.9 Å². The van der Waals surface area contributed by atoms with Crippen LogP contribution in [0.5, 0.6) is 5.75 Å². The molecule has 28 heavy (non-hydrogen) atoms. The summed E-state index contributed by atoms with van der Waals surface area (Å²) in [5.41, 5.74) is 0.599. The molecule has 0 saturated heterocycles. The first-order chi connectivity index (χ1) is 13.2. The van der Waals surface area contributed by atoms with Gasteiger partial charge >= 0.3 is 0 Å². The number of rotatable bonds is 8. The number of amides is 1. The third kappa shape index (κ3) is 4.81. The molecule has 2 aromatic rings. The predicted octanol–water partition coefficient (Wildman–Crippen LogP) is 3.26. The van der Waals surface area contributed by atoms with E-state index < -0.39 is 33.8 Å². The van der Waals surface area contributed by atoms with Crippen LogP contribution in [0, 0.1) is 5.82 Å². The fourth-order valence-electron chi connectivity index (χ4n) is 3.08. The molecule has 0 spiro atoms. The van der Waals surface area contributed by atoms with Crippen molar-refractivity contribution in [3.63, 3.8) is 0 Å². The number of anilines is 1. The molecule has 0 fully saturated rings. The van der Waals surface area contributed by atoms with E-state index in [1.807, 2.05) is 18.2 Å². The highest BCUT2D eigenvalue weighted by Gasteiger charge is 2.33. The molecule has 2 rings (SSSR count). The van der Waals surface area contributed by atoms with Gasteiger partial charge in [0.05, 0.1) is 25.1 Å². The van der Waals surface area contributed by atoms with Gasteiger partial charge in [0.1, 0.15) is 17.6 Å². The average molecular weight is 408 g/mol. The van der Waals surface area contributed by atoms with Crippen LogP contribution in [-0.4, -0.2) is 33.7 Å². The summed E-state index contributed by atoms with van der Waals surface area (Å²) in [7, 11) is -2.37. The maximum atomic E-state index is 14.3. The summed E-state index contributed by atoms with van der Waals surface area (Å²) >= 11 is 0. The number of carbonyl (C=O) groups excluding carboxylic acids is 1. The number of nitrogens with zero attached hydrogens (tertiary/aromatic N) is 1. The Morgan fingerprint density at radius 1 is 1.18 bits per heavy atom. The summed E-state index contributed by atoms with van der Waals surface area (Å²) in [4.78, 5) is 12.9. The van der Waals surface area contributed by atoms with Crippen molar-refractivity contribution in [1.82, 2.24) is 5.32 Å². The molecule has 0 bridgehead atoms. The Morgan fingerprint density at radius 2 is 1.79 bits per heavy atom. The van der Waals surface area contributed by atoms with Crippen molar-refractivity contribution in [2.75, 3.05) is 17.7 Å². The molecule has 2 aromatic carbocycles. The smallest absolute Gasteiger partial charge is 0.244 e. The summed E-state index contributed by atoms with van der Waals surface area (Å²) < 4.78 is 45.3. The van der Waals surface area contributed by atoms with Crippen LogP contribution in [0.25, 0.3) is 0 Å². The van der Waals surface area contributed by atoms with Crippen LogP contribution in [-0.2, 0) is 14.8 Å². The minimum Gasteiger partial charge on any atom is -0.496 e. The number of benzene rings is 2. The first-order valence-corrected chi connectivity index (χ1v) is 10.7. The number of para-hydroxylation sites is 2. The van der Waals surface area contributed by atoms with E-state index in [4.69, 9.17) is 4.74 Å². The molecule has 1 N–H and O–H groups in total. The monoisotopic (exact) mass is 408 g/mol. The normalized spacial score (nSPS) is 13.5. The maximum Gasteiger partial charge on any atom is 0.244 e. The van der Waals surface area contributed by atoms with Crippen LogP contribution in [0.4, 0.5) is 10.1 Å².